The van der Waals surface area contributed by atoms with Gasteiger partial charge < -0.3 is 10.6 Å². The van der Waals surface area contributed by atoms with Gasteiger partial charge in [0.1, 0.15) is 5.69 Å². The van der Waals surface area contributed by atoms with Gasteiger partial charge in [-0.2, -0.15) is 0 Å². The first kappa shape index (κ1) is 13.1. The Morgan fingerprint density at radius 1 is 1.26 bits per heavy atom. The summed E-state index contributed by atoms with van der Waals surface area (Å²) in [6, 6.07) is 11.3. The number of amides is 1. The van der Waals surface area contributed by atoms with E-state index >= 15 is 0 Å². The number of aryl methyl sites for hydroxylation is 1. The van der Waals surface area contributed by atoms with Crippen molar-refractivity contribution in [3.05, 3.63) is 59.4 Å². The van der Waals surface area contributed by atoms with E-state index in [0.29, 0.717) is 17.9 Å². The normalized spacial score (nSPS) is 10.2. The molecule has 0 saturated heterocycles. The third-order valence-electron chi connectivity index (χ3n) is 3.02. The lowest BCUT2D eigenvalue weighted by Crippen LogP contribution is -2.27. The van der Waals surface area contributed by atoms with E-state index in [9.17, 15) is 4.79 Å². The highest BCUT2D eigenvalue weighted by Crippen LogP contribution is 2.11. The van der Waals surface area contributed by atoms with Gasteiger partial charge in [-0.05, 0) is 30.2 Å². The van der Waals surface area contributed by atoms with Gasteiger partial charge in [0, 0.05) is 13.6 Å². The van der Waals surface area contributed by atoms with E-state index in [1.165, 1.54) is 11.8 Å². The summed E-state index contributed by atoms with van der Waals surface area (Å²) >= 11 is 0. The Labute approximate surface area is 112 Å². The molecule has 4 nitrogen and oxygen atoms in total. The van der Waals surface area contributed by atoms with Gasteiger partial charge in [0.2, 0.25) is 0 Å². The van der Waals surface area contributed by atoms with Gasteiger partial charge in [0.05, 0.1) is 11.9 Å². The van der Waals surface area contributed by atoms with E-state index in [1.807, 2.05) is 31.2 Å². The summed E-state index contributed by atoms with van der Waals surface area (Å²) in [6.07, 6.45) is 1.49. The van der Waals surface area contributed by atoms with Crippen molar-refractivity contribution in [2.75, 3.05) is 12.8 Å². The molecule has 0 atom stereocenters. The molecule has 0 spiro atoms. The van der Waals surface area contributed by atoms with Gasteiger partial charge in [-0.3, -0.25) is 4.79 Å². The maximum atomic E-state index is 12.2. The highest BCUT2D eigenvalue weighted by atomic mass is 16.2. The minimum atomic E-state index is -0.108. The molecule has 2 rings (SSSR count). The summed E-state index contributed by atoms with van der Waals surface area (Å²) in [6.45, 7) is 2.60. The number of nitrogens with zero attached hydrogens (tertiary/aromatic N) is 2. The molecule has 2 aromatic rings. The molecule has 1 amide bonds. The fraction of sp³-hybridized carbons (Fsp3) is 0.200. The molecule has 0 fully saturated rings. The molecule has 0 aliphatic rings. The maximum Gasteiger partial charge on any atom is 0.272 e. The Balaban J connectivity index is 2.12. The molecule has 1 aromatic heterocycles. The van der Waals surface area contributed by atoms with E-state index in [0.717, 1.165) is 5.56 Å². The van der Waals surface area contributed by atoms with Crippen molar-refractivity contribution in [3.63, 3.8) is 0 Å². The van der Waals surface area contributed by atoms with Crippen molar-refractivity contribution in [1.82, 2.24) is 9.88 Å². The summed E-state index contributed by atoms with van der Waals surface area (Å²) in [7, 11) is 1.77. The first-order valence-corrected chi connectivity index (χ1v) is 6.09. The average Bonchev–Trinajstić information content (AvgIpc) is 2.41. The molecule has 0 saturated carbocycles. The molecular weight excluding hydrogens is 238 g/mol. The number of rotatable bonds is 3. The molecule has 1 aromatic carbocycles. The number of nitrogens with two attached hydrogens (primary N) is 1. The lowest BCUT2D eigenvalue weighted by atomic mass is 10.1. The van der Waals surface area contributed by atoms with Crippen molar-refractivity contribution in [2.45, 2.75) is 13.5 Å². The van der Waals surface area contributed by atoms with Crippen LogP contribution in [-0.2, 0) is 6.54 Å². The number of pyridine rings is 1. The van der Waals surface area contributed by atoms with Crippen LogP contribution in [0.4, 0.5) is 5.69 Å². The first-order valence-electron chi connectivity index (χ1n) is 6.09. The second-order valence-electron chi connectivity index (χ2n) is 4.56. The maximum absolute atomic E-state index is 12.2. The van der Waals surface area contributed by atoms with Crippen molar-refractivity contribution >= 4 is 11.6 Å². The van der Waals surface area contributed by atoms with Crippen LogP contribution in [0.25, 0.3) is 0 Å². The minimum absolute atomic E-state index is 0.108. The van der Waals surface area contributed by atoms with E-state index in [1.54, 1.807) is 24.1 Å². The molecule has 0 unspecified atom stereocenters. The van der Waals surface area contributed by atoms with Crippen molar-refractivity contribution in [2.24, 2.45) is 0 Å². The third-order valence-corrected chi connectivity index (χ3v) is 3.02. The molecule has 19 heavy (non-hydrogen) atoms. The van der Waals surface area contributed by atoms with E-state index in [4.69, 9.17) is 5.73 Å². The number of carbonyl (C=O) groups excluding carboxylic acids is 1. The number of hydrogen-bond donors (Lipinski definition) is 1. The van der Waals surface area contributed by atoms with Gasteiger partial charge in [-0.15, -0.1) is 0 Å². The van der Waals surface area contributed by atoms with Gasteiger partial charge in [0.25, 0.3) is 5.91 Å². The van der Waals surface area contributed by atoms with Gasteiger partial charge in [-0.25, -0.2) is 4.98 Å². The van der Waals surface area contributed by atoms with Gasteiger partial charge in [0.15, 0.2) is 0 Å². The quantitative estimate of drug-likeness (QED) is 0.915. The Hall–Kier alpha value is -2.36. The second-order valence-corrected chi connectivity index (χ2v) is 4.56. The van der Waals surface area contributed by atoms with Crippen LogP contribution in [0.1, 0.15) is 21.6 Å². The molecule has 4 heteroatoms. The molecule has 2 N–H and O–H groups in total. The van der Waals surface area contributed by atoms with Crippen molar-refractivity contribution < 1.29 is 4.79 Å². The number of hydrogen-bond acceptors (Lipinski definition) is 3. The Bertz CT molecular complexity index is 578. The van der Waals surface area contributed by atoms with Crippen LogP contribution in [0, 0.1) is 6.92 Å². The van der Waals surface area contributed by atoms with Crippen molar-refractivity contribution in [1.29, 1.82) is 0 Å². The monoisotopic (exact) mass is 255 g/mol. The molecule has 0 bridgehead atoms. The number of anilines is 1. The predicted molar refractivity (Wildman–Crippen MR) is 75.6 cm³/mol. The Morgan fingerprint density at radius 3 is 2.63 bits per heavy atom. The van der Waals surface area contributed by atoms with Crippen LogP contribution in [0.5, 0.6) is 0 Å². The average molecular weight is 255 g/mol. The SMILES string of the molecule is Cc1ccccc1CN(C)C(=O)c1ccc(N)cn1. The number of nitrogen functional groups attached to an aromatic ring is 1. The van der Waals surface area contributed by atoms with Crippen molar-refractivity contribution in [3.8, 4) is 0 Å². The fourth-order valence-corrected chi connectivity index (χ4v) is 1.84. The molecule has 0 radical (unpaired) electrons. The lowest BCUT2D eigenvalue weighted by molar-refractivity contribution is 0.0779. The smallest absolute Gasteiger partial charge is 0.272 e. The van der Waals surface area contributed by atoms with E-state index < -0.39 is 0 Å². The van der Waals surface area contributed by atoms with Crippen LogP contribution in [0.2, 0.25) is 0 Å². The highest BCUT2D eigenvalue weighted by molar-refractivity contribution is 5.92. The van der Waals surface area contributed by atoms with Crippen LogP contribution in [-0.4, -0.2) is 22.8 Å². The topological polar surface area (TPSA) is 59.2 Å². The zero-order valence-corrected chi connectivity index (χ0v) is 11.1. The van der Waals surface area contributed by atoms with Gasteiger partial charge in [-0.1, -0.05) is 24.3 Å². The molecular formula is C15H17N3O. The zero-order chi connectivity index (χ0) is 13.8. The standard InChI is InChI=1S/C15H17N3O/c1-11-5-3-4-6-12(11)10-18(2)15(19)14-8-7-13(16)9-17-14/h3-9H,10,16H2,1-2H3. The summed E-state index contributed by atoms with van der Waals surface area (Å²) in [5, 5.41) is 0. The molecule has 0 aliphatic carbocycles. The summed E-state index contributed by atoms with van der Waals surface area (Å²) in [4.78, 5) is 17.9. The highest BCUT2D eigenvalue weighted by Gasteiger charge is 2.13. The second kappa shape index (κ2) is 5.52. The lowest BCUT2D eigenvalue weighted by Gasteiger charge is -2.18. The van der Waals surface area contributed by atoms with Crippen LogP contribution < -0.4 is 5.73 Å². The van der Waals surface area contributed by atoms with Crippen LogP contribution in [0.15, 0.2) is 42.6 Å². The largest absolute Gasteiger partial charge is 0.397 e. The van der Waals surface area contributed by atoms with Crippen LogP contribution >= 0.6 is 0 Å². The molecule has 1 heterocycles. The minimum Gasteiger partial charge on any atom is -0.397 e. The third kappa shape index (κ3) is 3.10. The first-order chi connectivity index (χ1) is 9.08. The number of benzene rings is 1. The van der Waals surface area contributed by atoms with Gasteiger partial charge >= 0.3 is 0 Å². The zero-order valence-electron chi connectivity index (χ0n) is 11.1. The fourth-order valence-electron chi connectivity index (χ4n) is 1.84. The summed E-state index contributed by atoms with van der Waals surface area (Å²) in [5.41, 5.74) is 8.83. The molecule has 98 valence electrons. The Kier molecular flexibility index (Phi) is 3.80. The molecule has 0 aliphatic heterocycles. The summed E-state index contributed by atoms with van der Waals surface area (Å²) in [5.74, 6) is -0.108. The van der Waals surface area contributed by atoms with Crippen LogP contribution in [0.3, 0.4) is 0 Å². The van der Waals surface area contributed by atoms with E-state index in [-0.39, 0.29) is 5.91 Å². The Morgan fingerprint density at radius 2 is 2.00 bits per heavy atom. The van der Waals surface area contributed by atoms with E-state index in [2.05, 4.69) is 4.98 Å². The number of aromatic nitrogens is 1. The predicted octanol–water partition coefficient (Wildman–Crippen LogP) is 2.24. The summed E-state index contributed by atoms with van der Waals surface area (Å²) < 4.78 is 0. The number of carbonyl (C=O) groups is 1.